The van der Waals surface area contributed by atoms with Gasteiger partial charge in [-0.1, -0.05) is 30.3 Å². The van der Waals surface area contributed by atoms with Gasteiger partial charge in [0.25, 0.3) is 0 Å². The third-order valence-corrected chi connectivity index (χ3v) is 5.90. The van der Waals surface area contributed by atoms with Gasteiger partial charge >= 0.3 is 5.97 Å². The molecule has 28 heavy (non-hydrogen) atoms. The Hall–Kier alpha value is -2.13. The highest BCUT2D eigenvalue weighted by Crippen LogP contribution is 2.29. The first kappa shape index (κ1) is 23.9. The van der Waals surface area contributed by atoms with Crippen LogP contribution in [0, 0.1) is 0 Å². The molecule has 0 fully saturated rings. The van der Waals surface area contributed by atoms with E-state index in [1.54, 1.807) is 0 Å². The molecule has 0 aromatic heterocycles. The van der Waals surface area contributed by atoms with E-state index in [0.717, 1.165) is 5.56 Å². The first-order chi connectivity index (χ1) is 12.9. The van der Waals surface area contributed by atoms with Crippen LogP contribution in [0.5, 0.6) is 5.75 Å². The lowest BCUT2D eigenvalue weighted by atomic mass is 10.2. The molecule has 2 aromatic rings. The van der Waals surface area contributed by atoms with E-state index in [1.807, 2.05) is 30.3 Å². The van der Waals surface area contributed by atoms with Crippen LogP contribution in [0.3, 0.4) is 0 Å². The van der Waals surface area contributed by atoms with Crippen molar-refractivity contribution in [3.05, 3.63) is 59.7 Å². The van der Waals surface area contributed by atoms with Crippen LogP contribution in [0.2, 0.25) is 0 Å². The van der Waals surface area contributed by atoms with Crippen LogP contribution in [0.25, 0.3) is 0 Å². The minimum atomic E-state index is -3.86. The Kier molecular flexibility index (Phi) is 9.40. The van der Waals surface area contributed by atoms with Crippen molar-refractivity contribution < 1.29 is 22.7 Å². The van der Waals surface area contributed by atoms with Crippen LogP contribution >= 0.6 is 12.4 Å². The van der Waals surface area contributed by atoms with E-state index < -0.39 is 16.0 Å². The van der Waals surface area contributed by atoms with E-state index in [4.69, 9.17) is 10.5 Å². The van der Waals surface area contributed by atoms with Gasteiger partial charge in [0.05, 0.1) is 19.8 Å². The van der Waals surface area contributed by atoms with E-state index >= 15 is 0 Å². The lowest BCUT2D eigenvalue weighted by Gasteiger charge is -2.23. The molecule has 0 radical (unpaired) electrons. The predicted molar refractivity (Wildman–Crippen MR) is 109 cm³/mol. The van der Waals surface area contributed by atoms with Crippen LogP contribution in [-0.4, -0.2) is 46.0 Å². The van der Waals surface area contributed by atoms with Gasteiger partial charge in [-0.3, -0.25) is 0 Å². The molecule has 0 bridgehead atoms. The minimum Gasteiger partial charge on any atom is -0.495 e. The molecule has 0 saturated carbocycles. The number of halogens is 1. The van der Waals surface area contributed by atoms with Gasteiger partial charge in [-0.05, 0) is 36.7 Å². The number of nitrogens with zero attached hydrogens (tertiary/aromatic N) is 1. The molecular weight excluding hydrogens is 404 g/mol. The Morgan fingerprint density at radius 2 is 1.79 bits per heavy atom. The summed E-state index contributed by atoms with van der Waals surface area (Å²) in [7, 11) is -1.25. The molecule has 0 amide bonds. The summed E-state index contributed by atoms with van der Waals surface area (Å²) in [6.45, 7) is 0.861. The molecule has 0 unspecified atom stereocenters. The first-order valence-electron chi connectivity index (χ1n) is 8.44. The van der Waals surface area contributed by atoms with E-state index in [1.165, 1.54) is 36.7 Å². The number of hydrogen-bond donors (Lipinski definition) is 1. The topological polar surface area (TPSA) is 98.9 Å². The summed E-state index contributed by atoms with van der Waals surface area (Å²) < 4.78 is 37.8. The quantitative estimate of drug-likeness (QED) is 0.616. The van der Waals surface area contributed by atoms with Crippen LogP contribution < -0.4 is 10.5 Å². The van der Waals surface area contributed by atoms with Crippen molar-refractivity contribution in [3.8, 4) is 5.75 Å². The van der Waals surface area contributed by atoms with E-state index in [9.17, 15) is 13.2 Å². The van der Waals surface area contributed by atoms with Crippen LogP contribution in [0.4, 0.5) is 0 Å². The lowest BCUT2D eigenvalue weighted by molar-refractivity contribution is 0.0600. The lowest BCUT2D eigenvalue weighted by Crippen LogP contribution is -2.33. The third kappa shape index (κ3) is 5.68. The van der Waals surface area contributed by atoms with Crippen molar-refractivity contribution >= 4 is 28.4 Å². The zero-order valence-corrected chi connectivity index (χ0v) is 17.5. The van der Waals surface area contributed by atoms with Gasteiger partial charge in [-0.2, -0.15) is 4.31 Å². The van der Waals surface area contributed by atoms with Crippen molar-refractivity contribution in [1.29, 1.82) is 0 Å². The van der Waals surface area contributed by atoms with Gasteiger partial charge in [0, 0.05) is 13.1 Å². The fourth-order valence-electron chi connectivity index (χ4n) is 2.60. The average Bonchev–Trinajstić information content (AvgIpc) is 2.70. The summed E-state index contributed by atoms with van der Waals surface area (Å²) in [5.41, 5.74) is 6.66. The third-order valence-electron chi connectivity index (χ3n) is 4.02. The monoisotopic (exact) mass is 428 g/mol. The molecule has 9 heteroatoms. The number of benzene rings is 2. The van der Waals surface area contributed by atoms with Crippen molar-refractivity contribution in [2.45, 2.75) is 17.9 Å². The highest BCUT2D eigenvalue weighted by Gasteiger charge is 2.28. The Bertz CT molecular complexity index is 875. The zero-order chi connectivity index (χ0) is 19.9. The second-order valence-electron chi connectivity index (χ2n) is 5.82. The number of hydrogen-bond acceptors (Lipinski definition) is 6. The second-order valence-corrected chi connectivity index (χ2v) is 7.73. The molecule has 7 nitrogen and oxygen atoms in total. The molecule has 2 rings (SSSR count). The molecule has 0 aliphatic heterocycles. The molecule has 154 valence electrons. The second kappa shape index (κ2) is 11.0. The fourth-order valence-corrected chi connectivity index (χ4v) is 4.21. The maximum absolute atomic E-state index is 13.3. The summed E-state index contributed by atoms with van der Waals surface area (Å²) in [4.78, 5) is 11.7. The van der Waals surface area contributed by atoms with Crippen molar-refractivity contribution in [2.24, 2.45) is 5.73 Å². The molecule has 2 aromatic carbocycles. The number of esters is 1. The molecule has 0 saturated heterocycles. The fraction of sp³-hybridized carbons (Fsp3) is 0.316. The largest absolute Gasteiger partial charge is 0.495 e. The van der Waals surface area contributed by atoms with Gasteiger partial charge < -0.3 is 15.2 Å². The summed E-state index contributed by atoms with van der Waals surface area (Å²) in [6, 6.07) is 13.4. The minimum absolute atomic E-state index is 0. The smallest absolute Gasteiger partial charge is 0.337 e. The Balaban J connectivity index is 0.00000392. The molecular formula is C19H25ClN2O5S. The highest BCUT2D eigenvalue weighted by molar-refractivity contribution is 7.89. The Morgan fingerprint density at radius 1 is 1.11 bits per heavy atom. The number of carbonyl (C=O) groups excluding carboxylic acids is 1. The van der Waals surface area contributed by atoms with Gasteiger partial charge in [0.1, 0.15) is 10.6 Å². The summed E-state index contributed by atoms with van der Waals surface area (Å²) in [6.07, 6.45) is 0.522. The molecule has 0 aliphatic rings. The van der Waals surface area contributed by atoms with Crippen LogP contribution in [0.15, 0.2) is 53.4 Å². The van der Waals surface area contributed by atoms with Gasteiger partial charge in [0.15, 0.2) is 0 Å². The molecule has 0 aliphatic carbocycles. The molecule has 2 N–H and O–H groups in total. The highest BCUT2D eigenvalue weighted by atomic mass is 35.5. The zero-order valence-electron chi connectivity index (χ0n) is 15.8. The molecule has 0 atom stereocenters. The number of rotatable bonds is 9. The van der Waals surface area contributed by atoms with E-state index in [2.05, 4.69) is 4.74 Å². The predicted octanol–water partition coefficient (Wildman–Crippen LogP) is 2.44. The van der Waals surface area contributed by atoms with Crippen LogP contribution in [-0.2, 0) is 21.3 Å². The summed E-state index contributed by atoms with van der Waals surface area (Å²) >= 11 is 0. The summed E-state index contributed by atoms with van der Waals surface area (Å²) in [5.74, 6) is -0.481. The van der Waals surface area contributed by atoms with Crippen molar-refractivity contribution in [3.63, 3.8) is 0 Å². The first-order valence-corrected chi connectivity index (χ1v) is 9.88. The number of ether oxygens (including phenoxy) is 2. The molecule has 0 spiro atoms. The summed E-state index contributed by atoms with van der Waals surface area (Å²) in [5, 5.41) is 0. The number of carbonyl (C=O) groups is 1. The maximum atomic E-state index is 13.3. The maximum Gasteiger partial charge on any atom is 0.337 e. The number of sulfonamides is 1. The average molecular weight is 429 g/mol. The van der Waals surface area contributed by atoms with Gasteiger partial charge in [-0.15, -0.1) is 12.4 Å². The molecule has 0 heterocycles. The number of nitrogens with two attached hydrogens (primary N) is 1. The van der Waals surface area contributed by atoms with Crippen molar-refractivity contribution in [2.75, 3.05) is 27.3 Å². The standard InChI is InChI=1S/C19H24N2O5S.ClH/c1-25-17-13-16(19(22)26-2)9-10-18(17)27(23,24)21(12-6-11-20)14-15-7-4-3-5-8-15;/h3-5,7-10,13H,6,11-12,14,20H2,1-2H3;1H. The Labute approximate surface area is 171 Å². The van der Waals surface area contributed by atoms with Gasteiger partial charge in [-0.25, -0.2) is 13.2 Å². The number of methoxy groups -OCH3 is 2. The van der Waals surface area contributed by atoms with E-state index in [-0.39, 0.29) is 41.7 Å². The Morgan fingerprint density at radius 3 is 2.36 bits per heavy atom. The SMILES string of the molecule is COC(=O)c1ccc(S(=O)(=O)N(CCCN)Cc2ccccc2)c(OC)c1.Cl. The van der Waals surface area contributed by atoms with Crippen LogP contribution in [0.1, 0.15) is 22.3 Å². The van der Waals surface area contributed by atoms with Gasteiger partial charge in [0.2, 0.25) is 10.0 Å². The van der Waals surface area contributed by atoms with E-state index in [0.29, 0.717) is 13.0 Å². The normalized spacial score (nSPS) is 11.0. The van der Waals surface area contributed by atoms with Crippen molar-refractivity contribution in [1.82, 2.24) is 4.31 Å².